The van der Waals surface area contributed by atoms with Gasteiger partial charge < -0.3 is 5.73 Å². The maximum atomic E-state index is 12.5. The maximum absolute atomic E-state index is 12.5. The smallest absolute Gasteiger partial charge is 0.268 e. The van der Waals surface area contributed by atoms with Crippen molar-refractivity contribution >= 4 is 26.6 Å². The van der Waals surface area contributed by atoms with Gasteiger partial charge in [-0.3, -0.25) is 0 Å². The lowest BCUT2D eigenvalue weighted by atomic mass is 10.2. The van der Waals surface area contributed by atoms with Crippen LogP contribution in [-0.4, -0.2) is 12.4 Å². The van der Waals surface area contributed by atoms with Crippen LogP contribution in [0.1, 0.15) is 0 Å². The quantitative estimate of drug-likeness (QED) is 0.729. The molecule has 4 nitrogen and oxygen atoms in total. The molecule has 0 aliphatic heterocycles. The number of rotatable bonds is 2. The second-order valence-electron chi connectivity index (χ2n) is 4.25. The fraction of sp³-hybridized carbons (Fsp3) is 0. The van der Waals surface area contributed by atoms with Crippen LogP contribution in [0.15, 0.2) is 65.7 Å². The van der Waals surface area contributed by atoms with Gasteiger partial charge in [0.25, 0.3) is 10.0 Å². The normalized spacial score (nSPS) is 11.8. The molecule has 0 saturated heterocycles. The van der Waals surface area contributed by atoms with Gasteiger partial charge >= 0.3 is 0 Å². The van der Waals surface area contributed by atoms with E-state index in [1.165, 1.54) is 3.97 Å². The van der Waals surface area contributed by atoms with Crippen LogP contribution in [0.5, 0.6) is 0 Å². The highest BCUT2D eigenvalue weighted by Gasteiger charge is 2.18. The summed E-state index contributed by atoms with van der Waals surface area (Å²) in [6, 6.07) is 15.3. The van der Waals surface area contributed by atoms with Crippen LogP contribution in [0.4, 0.5) is 5.69 Å². The standard InChI is InChI=1S/C14H12N2O2S/c15-12-7-6-11-8-9-16(14(11)10-12)19(17,18)13-4-2-1-3-5-13/h1-10H,15H2. The van der Waals surface area contributed by atoms with E-state index in [0.29, 0.717) is 11.2 Å². The van der Waals surface area contributed by atoms with Crippen LogP contribution in [-0.2, 0) is 10.0 Å². The molecule has 1 aromatic heterocycles. The summed E-state index contributed by atoms with van der Waals surface area (Å²) in [5.74, 6) is 0. The zero-order valence-corrected chi connectivity index (χ0v) is 10.8. The fourth-order valence-electron chi connectivity index (χ4n) is 2.04. The van der Waals surface area contributed by atoms with Crippen molar-refractivity contribution in [2.24, 2.45) is 0 Å². The molecule has 0 fully saturated rings. The number of fused-ring (bicyclic) bond motifs is 1. The minimum absolute atomic E-state index is 0.259. The molecule has 2 aromatic carbocycles. The number of nitrogen functional groups attached to an aromatic ring is 1. The molecule has 19 heavy (non-hydrogen) atoms. The Labute approximate surface area is 111 Å². The lowest BCUT2D eigenvalue weighted by Crippen LogP contribution is -2.11. The topological polar surface area (TPSA) is 65.1 Å². The van der Waals surface area contributed by atoms with Crippen molar-refractivity contribution in [2.75, 3.05) is 5.73 Å². The molecule has 96 valence electrons. The third kappa shape index (κ3) is 1.88. The average Bonchev–Trinajstić information content (AvgIpc) is 2.83. The first-order valence-electron chi connectivity index (χ1n) is 5.76. The van der Waals surface area contributed by atoms with Crippen molar-refractivity contribution in [3.63, 3.8) is 0 Å². The van der Waals surface area contributed by atoms with Crippen LogP contribution < -0.4 is 5.73 Å². The highest BCUT2D eigenvalue weighted by molar-refractivity contribution is 7.90. The first kappa shape index (κ1) is 11.8. The van der Waals surface area contributed by atoms with Crippen molar-refractivity contribution in [3.05, 3.63) is 60.8 Å². The first-order valence-corrected chi connectivity index (χ1v) is 7.20. The van der Waals surface area contributed by atoms with Crippen molar-refractivity contribution < 1.29 is 8.42 Å². The third-order valence-corrected chi connectivity index (χ3v) is 4.69. The van der Waals surface area contributed by atoms with Crippen LogP contribution in [0.3, 0.4) is 0 Å². The number of anilines is 1. The second kappa shape index (κ2) is 4.13. The molecule has 0 saturated carbocycles. The van der Waals surface area contributed by atoms with Gasteiger partial charge in [-0.2, -0.15) is 0 Å². The first-order chi connectivity index (χ1) is 9.09. The lowest BCUT2D eigenvalue weighted by molar-refractivity contribution is 0.589. The van der Waals surface area contributed by atoms with Gasteiger partial charge in [0.1, 0.15) is 0 Å². The summed E-state index contributed by atoms with van der Waals surface area (Å²) >= 11 is 0. The Morgan fingerprint density at radius 2 is 1.68 bits per heavy atom. The van der Waals surface area contributed by atoms with Gasteiger partial charge in [-0.15, -0.1) is 0 Å². The molecule has 0 spiro atoms. The maximum Gasteiger partial charge on any atom is 0.268 e. The molecule has 5 heteroatoms. The largest absolute Gasteiger partial charge is 0.399 e. The molecule has 3 rings (SSSR count). The summed E-state index contributed by atoms with van der Waals surface area (Å²) in [5.41, 5.74) is 6.85. The van der Waals surface area contributed by atoms with Gasteiger partial charge in [0, 0.05) is 17.3 Å². The minimum Gasteiger partial charge on any atom is -0.399 e. The molecule has 0 amide bonds. The molecule has 0 bridgehead atoms. The number of hydrogen-bond acceptors (Lipinski definition) is 3. The fourth-order valence-corrected chi connectivity index (χ4v) is 3.40. The summed E-state index contributed by atoms with van der Waals surface area (Å²) in [6.45, 7) is 0. The van der Waals surface area contributed by atoms with E-state index in [1.54, 1.807) is 54.7 Å². The number of benzene rings is 2. The van der Waals surface area contributed by atoms with E-state index in [-0.39, 0.29) is 4.90 Å². The molecule has 0 aliphatic carbocycles. The zero-order chi connectivity index (χ0) is 13.5. The Morgan fingerprint density at radius 3 is 2.42 bits per heavy atom. The Hall–Kier alpha value is -2.27. The van der Waals surface area contributed by atoms with Gasteiger partial charge in [-0.05, 0) is 30.3 Å². The van der Waals surface area contributed by atoms with E-state index < -0.39 is 10.0 Å². The third-order valence-electron chi connectivity index (χ3n) is 2.98. The minimum atomic E-state index is -3.58. The molecular formula is C14H12N2O2S. The van der Waals surface area contributed by atoms with Gasteiger partial charge in [-0.1, -0.05) is 24.3 Å². The zero-order valence-electron chi connectivity index (χ0n) is 10.0. The summed E-state index contributed by atoms with van der Waals surface area (Å²) in [6.07, 6.45) is 1.55. The van der Waals surface area contributed by atoms with Gasteiger partial charge in [0.05, 0.1) is 10.4 Å². The Kier molecular flexibility index (Phi) is 2.57. The van der Waals surface area contributed by atoms with E-state index in [4.69, 9.17) is 5.73 Å². The van der Waals surface area contributed by atoms with Crippen LogP contribution in [0.2, 0.25) is 0 Å². The van der Waals surface area contributed by atoms with Crippen molar-refractivity contribution in [2.45, 2.75) is 4.90 Å². The lowest BCUT2D eigenvalue weighted by Gasteiger charge is -2.07. The van der Waals surface area contributed by atoms with Crippen LogP contribution >= 0.6 is 0 Å². The van der Waals surface area contributed by atoms with Gasteiger partial charge in [0.15, 0.2) is 0 Å². The predicted molar refractivity (Wildman–Crippen MR) is 75.4 cm³/mol. The molecule has 3 aromatic rings. The molecular weight excluding hydrogens is 260 g/mol. The summed E-state index contributed by atoms with van der Waals surface area (Å²) < 4.78 is 26.3. The van der Waals surface area contributed by atoms with Crippen molar-refractivity contribution in [1.82, 2.24) is 3.97 Å². The van der Waals surface area contributed by atoms with E-state index in [9.17, 15) is 8.42 Å². The molecule has 0 unspecified atom stereocenters. The molecule has 1 heterocycles. The summed E-state index contributed by atoms with van der Waals surface area (Å²) in [7, 11) is -3.58. The van der Waals surface area contributed by atoms with Gasteiger partial charge in [-0.25, -0.2) is 12.4 Å². The molecule has 0 radical (unpaired) electrons. The SMILES string of the molecule is Nc1ccc2ccn(S(=O)(=O)c3ccccc3)c2c1. The van der Waals surface area contributed by atoms with Crippen molar-refractivity contribution in [3.8, 4) is 0 Å². The van der Waals surface area contributed by atoms with E-state index >= 15 is 0 Å². The Balaban J connectivity index is 2.28. The second-order valence-corrected chi connectivity index (χ2v) is 6.06. The van der Waals surface area contributed by atoms with Crippen LogP contribution in [0.25, 0.3) is 10.9 Å². The highest BCUT2D eigenvalue weighted by atomic mass is 32.2. The number of nitrogens with two attached hydrogens (primary N) is 1. The number of aromatic nitrogens is 1. The molecule has 0 atom stereocenters. The monoisotopic (exact) mass is 272 g/mol. The van der Waals surface area contributed by atoms with Crippen molar-refractivity contribution in [1.29, 1.82) is 0 Å². The van der Waals surface area contributed by atoms with E-state index in [0.717, 1.165) is 5.39 Å². The Morgan fingerprint density at radius 1 is 0.947 bits per heavy atom. The average molecular weight is 272 g/mol. The predicted octanol–water partition coefficient (Wildman–Crippen LogP) is 2.46. The molecule has 0 aliphatic rings. The Bertz CT molecular complexity index is 836. The van der Waals surface area contributed by atoms with E-state index in [1.807, 2.05) is 6.07 Å². The van der Waals surface area contributed by atoms with Crippen LogP contribution in [0, 0.1) is 0 Å². The van der Waals surface area contributed by atoms with Gasteiger partial charge in [0.2, 0.25) is 0 Å². The highest BCUT2D eigenvalue weighted by Crippen LogP contribution is 2.23. The van der Waals surface area contributed by atoms with E-state index in [2.05, 4.69) is 0 Å². The number of nitrogens with zero attached hydrogens (tertiary/aromatic N) is 1. The summed E-state index contributed by atoms with van der Waals surface area (Å²) in [5, 5.41) is 0.841. The summed E-state index contributed by atoms with van der Waals surface area (Å²) in [4.78, 5) is 0.259. The molecule has 2 N–H and O–H groups in total. The number of hydrogen-bond donors (Lipinski definition) is 1.